The summed E-state index contributed by atoms with van der Waals surface area (Å²) in [6.45, 7) is 11.1. The average molecular weight is 228 g/mol. The Hall–Kier alpha value is -1.06. The zero-order chi connectivity index (χ0) is 12.6. The summed E-state index contributed by atoms with van der Waals surface area (Å²) in [6.07, 6.45) is 1.04. The monoisotopic (exact) mass is 228 g/mol. The van der Waals surface area contributed by atoms with Crippen molar-refractivity contribution in [1.82, 2.24) is 5.43 Å². The summed E-state index contributed by atoms with van der Waals surface area (Å²) in [7, 11) is 0. The standard InChI is InChI=1S/C12H24N2O2/c1-6-16-12(15)11(10(4)5)14-13-8-7-9(2)3/h9-10,13H,6-8H2,1-5H3/b14-11-. The molecule has 0 aliphatic heterocycles. The molecule has 0 saturated carbocycles. The number of nitrogens with zero attached hydrogens (tertiary/aromatic N) is 1. The topological polar surface area (TPSA) is 50.7 Å². The summed E-state index contributed by atoms with van der Waals surface area (Å²) in [4.78, 5) is 11.5. The molecule has 0 spiro atoms. The van der Waals surface area contributed by atoms with Crippen LogP contribution in [0.5, 0.6) is 0 Å². The first-order valence-corrected chi connectivity index (χ1v) is 5.96. The SMILES string of the molecule is CCOC(=O)/C(=N\NCCC(C)C)C(C)C. The number of hydrogen-bond acceptors (Lipinski definition) is 4. The van der Waals surface area contributed by atoms with Crippen molar-refractivity contribution in [2.75, 3.05) is 13.2 Å². The lowest BCUT2D eigenvalue weighted by molar-refractivity contribution is -0.135. The van der Waals surface area contributed by atoms with Crippen LogP contribution >= 0.6 is 0 Å². The molecule has 0 aromatic carbocycles. The molecule has 1 N–H and O–H groups in total. The van der Waals surface area contributed by atoms with Gasteiger partial charge in [0.15, 0.2) is 0 Å². The number of carbonyl (C=O) groups excluding carboxylic acids is 1. The summed E-state index contributed by atoms with van der Waals surface area (Å²) >= 11 is 0. The van der Waals surface area contributed by atoms with E-state index < -0.39 is 0 Å². The van der Waals surface area contributed by atoms with Crippen molar-refractivity contribution in [1.29, 1.82) is 0 Å². The maximum Gasteiger partial charge on any atom is 0.354 e. The van der Waals surface area contributed by atoms with Crippen LogP contribution in [-0.4, -0.2) is 24.8 Å². The summed E-state index contributed by atoms with van der Waals surface area (Å²) in [5.41, 5.74) is 3.39. The second-order valence-corrected chi connectivity index (χ2v) is 4.46. The number of hydrogen-bond donors (Lipinski definition) is 1. The van der Waals surface area contributed by atoms with E-state index in [0.717, 1.165) is 13.0 Å². The minimum atomic E-state index is -0.324. The molecule has 0 radical (unpaired) electrons. The van der Waals surface area contributed by atoms with Crippen molar-refractivity contribution in [3.63, 3.8) is 0 Å². The Balaban J connectivity index is 4.20. The first-order chi connectivity index (χ1) is 7.49. The number of hydrazone groups is 1. The van der Waals surface area contributed by atoms with Gasteiger partial charge in [-0.3, -0.25) is 0 Å². The molecule has 0 aromatic heterocycles. The second-order valence-electron chi connectivity index (χ2n) is 4.46. The van der Waals surface area contributed by atoms with E-state index in [0.29, 0.717) is 18.2 Å². The van der Waals surface area contributed by atoms with Crippen LogP contribution in [0.25, 0.3) is 0 Å². The maximum atomic E-state index is 11.5. The van der Waals surface area contributed by atoms with Crippen LogP contribution in [0.3, 0.4) is 0 Å². The molecule has 0 fully saturated rings. The Morgan fingerprint density at radius 3 is 2.38 bits per heavy atom. The van der Waals surface area contributed by atoms with E-state index in [9.17, 15) is 4.79 Å². The lowest BCUT2D eigenvalue weighted by atomic mass is 10.1. The highest BCUT2D eigenvalue weighted by Gasteiger charge is 2.16. The molecule has 94 valence electrons. The van der Waals surface area contributed by atoms with Crippen molar-refractivity contribution in [3.8, 4) is 0 Å². The van der Waals surface area contributed by atoms with E-state index in [1.807, 2.05) is 13.8 Å². The van der Waals surface area contributed by atoms with E-state index in [4.69, 9.17) is 4.74 Å². The Labute approximate surface area is 98.4 Å². The maximum absolute atomic E-state index is 11.5. The van der Waals surface area contributed by atoms with Gasteiger partial charge in [0, 0.05) is 12.5 Å². The molecule has 4 heteroatoms. The summed E-state index contributed by atoms with van der Waals surface area (Å²) in [5.74, 6) is 0.382. The van der Waals surface area contributed by atoms with Crippen LogP contribution in [0.2, 0.25) is 0 Å². The Bertz CT molecular complexity index is 235. The van der Waals surface area contributed by atoms with E-state index >= 15 is 0 Å². The van der Waals surface area contributed by atoms with Crippen molar-refractivity contribution in [2.45, 2.75) is 41.0 Å². The zero-order valence-corrected chi connectivity index (χ0v) is 11.0. The molecule has 0 unspecified atom stereocenters. The number of nitrogens with one attached hydrogen (secondary N) is 1. The van der Waals surface area contributed by atoms with Gasteiger partial charge in [0.1, 0.15) is 5.71 Å². The normalized spacial score (nSPS) is 12.1. The second kappa shape index (κ2) is 8.13. The van der Waals surface area contributed by atoms with Crippen LogP contribution in [-0.2, 0) is 9.53 Å². The minimum Gasteiger partial charge on any atom is -0.461 e. The average Bonchev–Trinajstić information content (AvgIpc) is 2.16. The van der Waals surface area contributed by atoms with E-state index in [1.165, 1.54) is 0 Å². The van der Waals surface area contributed by atoms with Gasteiger partial charge in [-0.15, -0.1) is 0 Å². The third-order valence-corrected chi connectivity index (χ3v) is 2.06. The van der Waals surface area contributed by atoms with Crippen molar-refractivity contribution < 1.29 is 9.53 Å². The van der Waals surface area contributed by atoms with Gasteiger partial charge in [0.25, 0.3) is 0 Å². The third kappa shape index (κ3) is 6.43. The third-order valence-electron chi connectivity index (χ3n) is 2.06. The fourth-order valence-corrected chi connectivity index (χ4v) is 1.11. The highest BCUT2D eigenvalue weighted by molar-refractivity contribution is 6.37. The van der Waals surface area contributed by atoms with Crippen molar-refractivity contribution >= 4 is 11.7 Å². The summed E-state index contributed by atoms with van der Waals surface area (Å²) < 4.78 is 4.93. The molecule has 0 heterocycles. The van der Waals surface area contributed by atoms with E-state index in [2.05, 4.69) is 24.4 Å². The molecule has 0 saturated heterocycles. The largest absolute Gasteiger partial charge is 0.461 e. The van der Waals surface area contributed by atoms with E-state index in [1.54, 1.807) is 6.92 Å². The number of esters is 1. The highest BCUT2D eigenvalue weighted by atomic mass is 16.5. The first-order valence-electron chi connectivity index (χ1n) is 5.96. The molecule has 0 rings (SSSR count). The molecular weight excluding hydrogens is 204 g/mol. The number of ether oxygens (including phenoxy) is 1. The molecule has 0 aliphatic rings. The molecular formula is C12H24N2O2. The lowest BCUT2D eigenvalue weighted by Crippen LogP contribution is -2.26. The minimum absolute atomic E-state index is 0.0746. The van der Waals surface area contributed by atoms with Gasteiger partial charge in [-0.05, 0) is 19.3 Å². The molecule has 0 bridgehead atoms. The van der Waals surface area contributed by atoms with Gasteiger partial charge in [-0.25, -0.2) is 4.79 Å². The molecule has 0 atom stereocenters. The quantitative estimate of drug-likeness (QED) is 0.314. The zero-order valence-electron chi connectivity index (χ0n) is 11.0. The van der Waals surface area contributed by atoms with Crippen molar-refractivity contribution in [3.05, 3.63) is 0 Å². The molecule has 16 heavy (non-hydrogen) atoms. The molecule has 0 aromatic rings. The Morgan fingerprint density at radius 1 is 1.31 bits per heavy atom. The van der Waals surface area contributed by atoms with Gasteiger partial charge >= 0.3 is 5.97 Å². The van der Waals surface area contributed by atoms with Gasteiger partial charge in [0.2, 0.25) is 0 Å². The number of rotatable bonds is 7. The molecule has 0 aliphatic carbocycles. The van der Waals surface area contributed by atoms with Gasteiger partial charge in [-0.2, -0.15) is 5.10 Å². The van der Waals surface area contributed by atoms with Crippen LogP contribution in [0.4, 0.5) is 0 Å². The molecule has 0 amide bonds. The van der Waals surface area contributed by atoms with Crippen molar-refractivity contribution in [2.24, 2.45) is 16.9 Å². The lowest BCUT2D eigenvalue weighted by Gasteiger charge is -2.10. The summed E-state index contributed by atoms with van der Waals surface area (Å²) in [6, 6.07) is 0. The van der Waals surface area contributed by atoms with Gasteiger partial charge in [-0.1, -0.05) is 27.7 Å². The molecule has 4 nitrogen and oxygen atoms in total. The van der Waals surface area contributed by atoms with Gasteiger partial charge < -0.3 is 10.2 Å². The predicted octanol–water partition coefficient (Wildman–Crippen LogP) is 2.20. The Kier molecular flexibility index (Phi) is 7.60. The fourth-order valence-electron chi connectivity index (χ4n) is 1.11. The van der Waals surface area contributed by atoms with Gasteiger partial charge in [0.05, 0.1) is 6.61 Å². The first kappa shape index (κ1) is 14.9. The predicted molar refractivity (Wildman–Crippen MR) is 66.4 cm³/mol. The fraction of sp³-hybridized carbons (Fsp3) is 0.833. The van der Waals surface area contributed by atoms with Crippen LogP contribution < -0.4 is 5.43 Å². The van der Waals surface area contributed by atoms with Crippen LogP contribution in [0, 0.1) is 11.8 Å². The van der Waals surface area contributed by atoms with Crippen LogP contribution in [0.1, 0.15) is 41.0 Å². The van der Waals surface area contributed by atoms with Crippen LogP contribution in [0.15, 0.2) is 5.10 Å². The van der Waals surface area contributed by atoms with E-state index in [-0.39, 0.29) is 11.9 Å². The highest BCUT2D eigenvalue weighted by Crippen LogP contribution is 2.00. The smallest absolute Gasteiger partial charge is 0.354 e. The number of carbonyl (C=O) groups is 1. The Morgan fingerprint density at radius 2 is 1.94 bits per heavy atom. The summed E-state index contributed by atoms with van der Waals surface area (Å²) in [5, 5.41) is 4.11.